The van der Waals surface area contributed by atoms with Crippen molar-refractivity contribution in [1.82, 2.24) is 19.1 Å². The highest BCUT2D eigenvalue weighted by atomic mass is 16.3. The Morgan fingerprint density at radius 3 is 2.58 bits per heavy atom. The molecule has 0 aliphatic carbocycles. The molecule has 2 aromatic heterocycles. The molecule has 0 radical (unpaired) electrons. The fraction of sp³-hybridized carbons (Fsp3) is 0.182. The van der Waals surface area contributed by atoms with Crippen molar-refractivity contribution in [3.05, 3.63) is 92.1 Å². The van der Waals surface area contributed by atoms with Gasteiger partial charge in [-0.05, 0) is 18.1 Å². The largest absolute Gasteiger partial charge is 0.387 e. The van der Waals surface area contributed by atoms with Crippen LogP contribution >= 0.6 is 0 Å². The van der Waals surface area contributed by atoms with Gasteiger partial charge in [0.1, 0.15) is 0 Å². The summed E-state index contributed by atoms with van der Waals surface area (Å²) in [6, 6.07) is 16.9. The van der Waals surface area contributed by atoms with E-state index < -0.39 is 17.4 Å². The molecule has 0 bridgehead atoms. The molecule has 158 valence electrons. The van der Waals surface area contributed by atoms with Crippen molar-refractivity contribution in [2.45, 2.75) is 19.6 Å². The molecule has 0 amide bonds. The van der Waals surface area contributed by atoms with Crippen LogP contribution in [0.4, 0.5) is 5.95 Å². The Kier molecular flexibility index (Phi) is 5.50. The molecule has 2 aromatic carbocycles. The summed E-state index contributed by atoms with van der Waals surface area (Å²) in [5, 5.41) is 14.9. The second-order valence-electron chi connectivity index (χ2n) is 7.24. The number of aliphatic hydroxyl groups is 1. The molecule has 0 saturated heterocycles. The van der Waals surface area contributed by atoms with E-state index in [2.05, 4.69) is 20.5 Å². The second kappa shape index (κ2) is 8.41. The lowest BCUT2D eigenvalue weighted by Gasteiger charge is -2.14. The van der Waals surface area contributed by atoms with E-state index in [1.54, 1.807) is 18.3 Å². The molecule has 4 rings (SSSR count). The molecule has 1 atom stereocenters. The molecule has 9 heteroatoms. The SMILES string of the molecule is Cc1ccc(C=NNc2nc3c(c(=O)[nH]c(=O)n3C)n2CC(O)c2ccccc2)cc1. The van der Waals surface area contributed by atoms with Crippen LogP contribution in [0.25, 0.3) is 11.2 Å². The van der Waals surface area contributed by atoms with Gasteiger partial charge in [0, 0.05) is 7.05 Å². The number of fused-ring (bicyclic) bond motifs is 1. The third-order valence-electron chi connectivity index (χ3n) is 5.00. The van der Waals surface area contributed by atoms with Crippen LogP contribution in [0.5, 0.6) is 0 Å². The fourth-order valence-corrected chi connectivity index (χ4v) is 3.27. The number of aryl methyl sites for hydroxylation is 2. The van der Waals surface area contributed by atoms with Gasteiger partial charge in [-0.25, -0.2) is 10.2 Å². The summed E-state index contributed by atoms with van der Waals surface area (Å²) < 4.78 is 2.77. The Morgan fingerprint density at radius 1 is 1.16 bits per heavy atom. The molecule has 4 aromatic rings. The number of hydrogen-bond acceptors (Lipinski definition) is 6. The Labute approximate surface area is 177 Å². The Balaban J connectivity index is 1.74. The summed E-state index contributed by atoms with van der Waals surface area (Å²) in [6.07, 6.45) is 0.733. The van der Waals surface area contributed by atoms with Crippen molar-refractivity contribution < 1.29 is 5.11 Å². The third-order valence-corrected chi connectivity index (χ3v) is 5.00. The number of nitrogens with one attached hydrogen (secondary N) is 2. The van der Waals surface area contributed by atoms with E-state index in [9.17, 15) is 14.7 Å². The number of benzene rings is 2. The van der Waals surface area contributed by atoms with E-state index in [1.165, 1.54) is 16.2 Å². The maximum absolute atomic E-state index is 12.6. The highest BCUT2D eigenvalue weighted by Gasteiger charge is 2.20. The summed E-state index contributed by atoms with van der Waals surface area (Å²) in [6.45, 7) is 2.05. The highest BCUT2D eigenvalue weighted by Crippen LogP contribution is 2.21. The first kappa shape index (κ1) is 20.3. The van der Waals surface area contributed by atoms with Crippen LogP contribution in [0.15, 0.2) is 69.3 Å². The first-order chi connectivity index (χ1) is 14.9. The molecule has 0 spiro atoms. The monoisotopic (exact) mass is 418 g/mol. The minimum absolute atomic E-state index is 0.0458. The van der Waals surface area contributed by atoms with Crippen molar-refractivity contribution in [3.63, 3.8) is 0 Å². The first-order valence-electron chi connectivity index (χ1n) is 9.72. The van der Waals surface area contributed by atoms with Gasteiger partial charge in [-0.1, -0.05) is 60.2 Å². The quantitative estimate of drug-likeness (QED) is 0.327. The zero-order valence-corrected chi connectivity index (χ0v) is 17.1. The zero-order chi connectivity index (χ0) is 22.0. The molecule has 0 saturated carbocycles. The average Bonchev–Trinajstić information content (AvgIpc) is 3.13. The molecular formula is C22H22N6O3. The van der Waals surface area contributed by atoms with Gasteiger partial charge in [0.05, 0.1) is 18.9 Å². The van der Waals surface area contributed by atoms with Crippen molar-refractivity contribution in [1.29, 1.82) is 0 Å². The van der Waals surface area contributed by atoms with Crippen LogP contribution in [-0.2, 0) is 13.6 Å². The number of nitrogens with zero attached hydrogens (tertiary/aromatic N) is 4. The van der Waals surface area contributed by atoms with Crippen LogP contribution in [0, 0.1) is 6.92 Å². The normalized spacial score (nSPS) is 12.5. The summed E-state index contributed by atoms with van der Waals surface area (Å²) >= 11 is 0. The van der Waals surface area contributed by atoms with Crippen molar-refractivity contribution >= 4 is 23.3 Å². The fourth-order valence-electron chi connectivity index (χ4n) is 3.27. The number of rotatable bonds is 6. The van der Waals surface area contributed by atoms with Gasteiger partial charge in [-0.3, -0.25) is 18.9 Å². The number of H-pyrrole nitrogens is 1. The predicted octanol–water partition coefficient (Wildman–Crippen LogP) is 1.91. The molecule has 1 unspecified atom stereocenters. The topological polar surface area (TPSA) is 117 Å². The van der Waals surface area contributed by atoms with Crippen LogP contribution in [0.1, 0.15) is 22.8 Å². The van der Waals surface area contributed by atoms with Crippen LogP contribution in [0.3, 0.4) is 0 Å². The van der Waals surface area contributed by atoms with Gasteiger partial charge in [-0.15, -0.1) is 0 Å². The molecule has 0 aliphatic rings. The summed E-state index contributed by atoms with van der Waals surface area (Å²) in [7, 11) is 1.52. The lowest BCUT2D eigenvalue weighted by molar-refractivity contribution is 0.158. The lowest BCUT2D eigenvalue weighted by atomic mass is 10.1. The molecule has 9 nitrogen and oxygen atoms in total. The van der Waals surface area contributed by atoms with E-state index in [4.69, 9.17) is 0 Å². The van der Waals surface area contributed by atoms with Crippen molar-refractivity contribution in [2.75, 3.05) is 5.43 Å². The van der Waals surface area contributed by atoms with E-state index >= 15 is 0 Å². The summed E-state index contributed by atoms with van der Waals surface area (Å²) in [5.74, 6) is 0.236. The number of aromatic nitrogens is 4. The third kappa shape index (κ3) is 4.17. The van der Waals surface area contributed by atoms with Crippen molar-refractivity contribution in [2.24, 2.45) is 12.1 Å². The predicted molar refractivity (Wildman–Crippen MR) is 119 cm³/mol. The maximum atomic E-state index is 12.6. The second-order valence-corrected chi connectivity index (χ2v) is 7.24. The van der Waals surface area contributed by atoms with Crippen LogP contribution < -0.4 is 16.7 Å². The van der Waals surface area contributed by atoms with Gasteiger partial charge in [0.15, 0.2) is 11.2 Å². The molecular weight excluding hydrogens is 396 g/mol. The van der Waals surface area contributed by atoms with Crippen molar-refractivity contribution in [3.8, 4) is 0 Å². The van der Waals surface area contributed by atoms with Gasteiger partial charge in [0.2, 0.25) is 5.95 Å². The minimum atomic E-state index is -0.892. The summed E-state index contributed by atoms with van der Waals surface area (Å²) in [5.41, 5.74) is 4.77. The smallest absolute Gasteiger partial charge is 0.329 e. The van der Waals surface area contributed by atoms with E-state index in [0.29, 0.717) is 5.56 Å². The lowest BCUT2D eigenvalue weighted by Crippen LogP contribution is -2.29. The molecule has 31 heavy (non-hydrogen) atoms. The Hall–Kier alpha value is -3.98. The van der Waals surface area contributed by atoms with E-state index in [1.807, 2.05) is 49.4 Å². The first-order valence-corrected chi connectivity index (χ1v) is 9.72. The number of hydrazone groups is 1. The van der Waals surface area contributed by atoms with Gasteiger partial charge < -0.3 is 5.11 Å². The molecule has 3 N–H and O–H groups in total. The van der Waals surface area contributed by atoms with Crippen LogP contribution in [0.2, 0.25) is 0 Å². The minimum Gasteiger partial charge on any atom is -0.387 e. The number of imidazole rings is 1. The summed E-state index contributed by atoms with van der Waals surface area (Å²) in [4.78, 5) is 31.2. The average molecular weight is 418 g/mol. The number of aromatic amines is 1. The number of anilines is 1. The van der Waals surface area contributed by atoms with Gasteiger partial charge in [-0.2, -0.15) is 10.1 Å². The van der Waals surface area contributed by atoms with Gasteiger partial charge in [0.25, 0.3) is 5.56 Å². The Morgan fingerprint density at radius 2 is 1.87 bits per heavy atom. The standard InChI is InChI=1S/C22H22N6O3/c1-14-8-10-15(11-9-14)12-23-26-21-24-19-18(20(30)25-22(31)27(19)2)28(21)13-17(29)16-6-4-3-5-7-16/h3-12,17,29H,13H2,1-2H3,(H,24,26)(H,25,30,31). The number of hydrogen-bond donors (Lipinski definition) is 3. The van der Waals surface area contributed by atoms with Gasteiger partial charge >= 0.3 is 5.69 Å². The van der Waals surface area contributed by atoms with E-state index in [-0.39, 0.29) is 23.7 Å². The van der Waals surface area contributed by atoms with Crippen LogP contribution in [-0.4, -0.2) is 30.4 Å². The molecule has 0 fully saturated rings. The van der Waals surface area contributed by atoms with E-state index in [0.717, 1.165) is 11.1 Å². The molecule has 0 aliphatic heterocycles. The zero-order valence-electron chi connectivity index (χ0n) is 17.1. The maximum Gasteiger partial charge on any atom is 0.329 e. The Bertz CT molecular complexity index is 1350. The molecule has 2 heterocycles. The highest BCUT2D eigenvalue weighted by molar-refractivity contribution is 5.80. The number of aliphatic hydroxyl groups excluding tert-OH is 1.